The molecule has 1 saturated carbocycles. The predicted octanol–water partition coefficient (Wildman–Crippen LogP) is 6.77. The molecule has 2 aromatic rings. The highest BCUT2D eigenvalue weighted by Crippen LogP contribution is 2.41. The van der Waals surface area contributed by atoms with E-state index in [1.54, 1.807) is 6.20 Å². The molecule has 0 atom stereocenters. The summed E-state index contributed by atoms with van der Waals surface area (Å²) in [6, 6.07) is 10.4. The molecule has 1 aromatic carbocycles. The standard InChI is InChI=1S/C32H44N4O4/c1-21(2)39-26-11-8-23(9-12-26)30(37)36-20-25-7-6-16-33-29(25)34-27-13-10-24(19-28(27)36)22-14-17-35(18-15-22)31(38)40-32(3,4)5/h6-7,10,13,16,19,21-23,26H,8-9,11-12,14-15,17-18,20H2,1-5H3,(H,33,34). The maximum absolute atomic E-state index is 14.1. The molecule has 2 fully saturated rings. The molecule has 2 amide bonds. The van der Waals surface area contributed by atoms with Crippen molar-refractivity contribution in [1.29, 1.82) is 0 Å². The molecule has 8 heteroatoms. The summed E-state index contributed by atoms with van der Waals surface area (Å²) in [5.74, 6) is 1.28. The third kappa shape index (κ3) is 6.60. The zero-order valence-electron chi connectivity index (χ0n) is 24.6. The third-order valence-corrected chi connectivity index (χ3v) is 8.16. The minimum absolute atomic E-state index is 0.0150. The average Bonchev–Trinajstić information content (AvgIpc) is 3.08. The van der Waals surface area contributed by atoms with E-state index in [2.05, 4.69) is 42.3 Å². The minimum atomic E-state index is -0.499. The second-order valence-electron chi connectivity index (χ2n) is 12.7. The number of amides is 2. The van der Waals surface area contributed by atoms with Gasteiger partial charge in [-0.2, -0.15) is 0 Å². The van der Waals surface area contributed by atoms with Crippen LogP contribution in [0, 0.1) is 5.92 Å². The van der Waals surface area contributed by atoms with Gasteiger partial charge in [0, 0.05) is 30.8 Å². The lowest BCUT2D eigenvalue weighted by Gasteiger charge is -2.35. The van der Waals surface area contributed by atoms with Gasteiger partial charge in [0.25, 0.3) is 0 Å². The van der Waals surface area contributed by atoms with Crippen molar-refractivity contribution < 1.29 is 19.1 Å². The Hall–Kier alpha value is -3.13. The van der Waals surface area contributed by atoms with Gasteiger partial charge in [-0.05, 0) is 103 Å². The summed E-state index contributed by atoms with van der Waals surface area (Å²) in [6.45, 7) is 11.6. The van der Waals surface area contributed by atoms with Gasteiger partial charge in [-0.25, -0.2) is 9.78 Å². The molecule has 3 heterocycles. The van der Waals surface area contributed by atoms with Crippen molar-refractivity contribution in [2.45, 2.75) is 103 Å². The molecular formula is C32H44N4O4. The number of carbonyl (C=O) groups excluding carboxylic acids is 2. The number of rotatable bonds is 4. The molecule has 216 valence electrons. The van der Waals surface area contributed by atoms with Crippen LogP contribution in [0.25, 0.3) is 0 Å². The number of nitrogens with zero attached hydrogens (tertiary/aromatic N) is 3. The fraction of sp³-hybridized carbons (Fsp3) is 0.594. The third-order valence-electron chi connectivity index (χ3n) is 8.16. The largest absolute Gasteiger partial charge is 0.444 e. The number of ether oxygens (including phenoxy) is 2. The second-order valence-corrected chi connectivity index (χ2v) is 12.7. The lowest BCUT2D eigenvalue weighted by molar-refractivity contribution is -0.124. The first-order chi connectivity index (χ1) is 19.1. The number of hydrogen-bond donors (Lipinski definition) is 1. The Labute approximate surface area is 238 Å². The fourth-order valence-corrected chi connectivity index (χ4v) is 6.16. The number of pyridine rings is 1. The van der Waals surface area contributed by atoms with Gasteiger partial charge in [-0.15, -0.1) is 0 Å². The van der Waals surface area contributed by atoms with Gasteiger partial charge in [0.2, 0.25) is 5.91 Å². The van der Waals surface area contributed by atoms with Crippen LogP contribution in [-0.4, -0.2) is 52.8 Å². The zero-order valence-corrected chi connectivity index (χ0v) is 24.6. The van der Waals surface area contributed by atoms with Crippen LogP contribution in [0.4, 0.5) is 22.0 Å². The summed E-state index contributed by atoms with van der Waals surface area (Å²) in [7, 11) is 0. The van der Waals surface area contributed by atoms with Crippen LogP contribution in [0.3, 0.4) is 0 Å². The van der Waals surface area contributed by atoms with Crippen LogP contribution in [0.2, 0.25) is 0 Å². The number of fused-ring (bicyclic) bond motifs is 2. The summed E-state index contributed by atoms with van der Waals surface area (Å²) in [5.41, 5.74) is 3.53. The van der Waals surface area contributed by atoms with E-state index in [-0.39, 0.29) is 30.1 Å². The van der Waals surface area contributed by atoms with Crippen LogP contribution in [0.1, 0.15) is 90.2 Å². The molecule has 0 spiro atoms. The van der Waals surface area contributed by atoms with Crippen molar-refractivity contribution in [3.8, 4) is 0 Å². The first kappa shape index (κ1) is 28.4. The molecule has 0 unspecified atom stereocenters. The molecule has 1 saturated heterocycles. The molecular weight excluding hydrogens is 504 g/mol. The Morgan fingerprint density at radius 3 is 2.42 bits per heavy atom. The Bertz CT molecular complexity index is 1210. The van der Waals surface area contributed by atoms with Gasteiger partial charge >= 0.3 is 6.09 Å². The lowest BCUT2D eigenvalue weighted by Crippen LogP contribution is -2.41. The molecule has 1 N–H and O–H groups in total. The number of anilines is 3. The van der Waals surface area contributed by atoms with Crippen molar-refractivity contribution >= 4 is 29.2 Å². The fourth-order valence-electron chi connectivity index (χ4n) is 6.16. The topological polar surface area (TPSA) is 84.0 Å². The van der Waals surface area contributed by atoms with Crippen LogP contribution in [-0.2, 0) is 20.8 Å². The number of hydrogen-bond acceptors (Lipinski definition) is 6. The Morgan fingerprint density at radius 1 is 1.02 bits per heavy atom. The number of carbonyl (C=O) groups is 2. The van der Waals surface area contributed by atoms with Crippen molar-refractivity contribution in [2.75, 3.05) is 23.3 Å². The highest BCUT2D eigenvalue weighted by Gasteiger charge is 2.34. The van der Waals surface area contributed by atoms with Gasteiger partial charge in [0.1, 0.15) is 11.4 Å². The second kappa shape index (κ2) is 11.8. The first-order valence-electron chi connectivity index (χ1n) is 14.9. The van der Waals surface area contributed by atoms with Crippen molar-refractivity contribution in [2.24, 2.45) is 5.92 Å². The van der Waals surface area contributed by atoms with E-state index in [0.717, 1.165) is 61.3 Å². The molecule has 0 radical (unpaired) electrons. The van der Waals surface area contributed by atoms with Crippen LogP contribution in [0.15, 0.2) is 36.5 Å². The summed E-state index contributed by atoms with van der Waals surface area (Å²) in [4.78, 5) is 35.0. The molecule has 8 nitrogen and oxygen atoms in total. The zero-order chi connectivity index (χ0) is 28.4. The van der Waals surface area contributed by atoms with Crippen molar-refractivity contribution in [1.82, 2.24) is 9.88 Å². The molecule has 2 aliphatic heterocycles. The molecule has 3 aliphatic rings. The van der Waals surface area contributed by atoms with E-state index in [9.17, 15) is 9.59 Å². The maximum atomic E-state index is 14.1. The van der Waals surface area contributed by atoms with E-state index >= 15 is 0 Å². The quantitative estimate of drug-likeness (QED) is 0.454. The van der Waals surface area contributed by atoms with E-state index in [0.29, 0.717) is 25.6 Å². The minimum Gasteiger partial charge on any atom is -0.444 e. The smallest absolute Gasteiger partial charge is 0.410 e. The Balaban J connectivity index is 1.35. The molecule has 1 aliphatic carbocycles. The summed E-state index contributed by atoms with van der Waals surface area (Å²) < 4.78 is 11.6. The Morgan fingerprint density at radius 2 is 1.75 bits per heavy atom. The number of benzene rings is 1. The molecule has 1 aromatic heterocycles. The average molecular weight is 549 g/mol. The lowest BCUT2D eigenvalue weighted by atomic mass is 9.85. The van der Waals surface area contributed by atoms with E-state index in [1.807, 2.05) is 42.7 Å². The summed E-state index contributed by atoms with van der Waals surface area (Å²) >= 11 is 0. The Kier molecular flexibility index (Phi) is 8.36. The van der Waals surface area contributed by atoms with Gasteiger partial charge in [-0.3, -0.25) is 4.79 Å². The normalized spacial score (nSPS) is 21.8. The highest BCUT2D eigenvalue weighted by molar-refractivity contribution is 5.99. The van der Waals surface area contributed by atoms with Crippen molar-refractivity contribution in [3.05, 3.63) is 47.7 Å². The molecule has 5 rings (SSSR count). The number of piperidine rings is 1. The van der Waals surface area contributed by atoms with Gasteiger partial charge in [-0.1, -0.05) is 12.1 Å². The molecule has 0 bridgehead atoms. The van der Waals surface area contributed by atoms with Crippen LogP contribution < -0.4 is 10.2 Å². The van der Waals surface area contributed by atoms with E-state index < -0.39 is 5.60 Å². The van der Waals surface area contributed by atoms with Crippen LogP contribution in [0.5, 0.6) is 0 Å². The monoisotopic (exact) mass is 548 g/mol. The summed E-state index contributed by atoms with van der Waals surface area (Å²) in [6.07, 6.45) is 7.24. The number of aromatic nitrogens is 1. The van der Waals surface area contributed by atoms with Crippen molar-refractivity contribution in [3.63, 3.8) is 0 Å². The predicted molar refractivity (Wildman–Crippen MR) is 157 cm³/mol. The van der Waals surface area contributed by atoms with E-state index in [1.165, 1.54) is 5.56 Å². The van der Waals surface area contributed by atoms with Gasteiger partial charge in [0.05, 0.1) is 30.1 Å². The highest BCUT2D eigenvalue weighted by atomic mass is 16.6. The van der Waals surface area contributed by atoms with Crippen LogP contribution >= 0.6 is 0 Å². The van der Waals surface area contributed by atoms with Gasteiger partial charge < -0.3 is 24.6 Å². The summed E-state index contributed by atoms with van der Waals surface area (Å²) in [5, 5.41) is 3.50. The first-order valence-corrected chi connectivity index (χ1v) is 14.9. The molecule has 40 heavy (non-hydrogen) atoms. The SMILES string of the molecule is CC(C)OC1CCC(C(=O)N2Cc3cccnc3Nc3ccc(C4CCN(C(=O)OC(C)(C)C)CC4)cc32)CC1. The van der Waals surface area contributed by atoms with E-state index in [4.69, 9.17) is 9.47 Å². The number of likely N-dealkylation sites (tertiary alicyclic amines) is 1. The maximum Gasteiger partial charge on any atom is 0.410 e. The van der Waals surface area contributed by atoms with Gasteiger partial charge in [0.15, 0.2) is 0 Å². The number of nitrogens with one attached hydrogen (secondary N) is 1.